The monoisotopic (exact) mass is 340 g/mol. The van der Waals surface area contributed by atoms with Gasteiger partial charge in [0.25, 0.3) is 0 Å². The molecule has 0 bridgehead atoms. The van der Waals surface area contributed by atoms with Crippen molar-refractivity contribution in [3.63, 3.8) is 0 Å². The van der Waals surface area contributed by atoms with Crippen molar-refractivity contribution in [3.8, 4) is 0 Å². The summed E-state index contributed by atoms with van der Waals surface area (Å²) in [6.45, 7) is 9.09. The number of piperazine rings is 1. The lowest BCUT2D eigenvalue weighted by Crippen LogP contribution is -2.48. The Hall–Kier alpha value is -0.650. The summed E-state index contributed by atoms with van der Waals surface area (Å²) in [7, 11) is 0. The molecular formula is C18H29ClN2O2. The maximum absolute atomic E-state index is 10.0. The van der Waals surface area contributed by atoms with Crippen LogP contribution in [-0.4, -0.2) is 66.9 Å². The van der Waals surface area contributed by atoms with Crippen molar-refractivity contribution in [2.75, 3.05) is 45.9 Å². The number of benzene rings is 1. The molecule has 4 nitrogen and oxygen atoms in total. The highest BCUT2D eigenvalue weighted by Crippen LogP contribution is 2.13. The largest absolute Gasteiger partial charge is 0.389 e. The van der Waals surface area contributed by atoms with E-state index >= 15 is 0 Å². The topological polar surface area (TPSA) is 35.9 Å². The van der Waals surface area contributed by atoms with Crippen LogP contribution < -0.4 is 0 Å². The summed E-state index contributed by atoms with van der Waals surface area (Å²) in [5.74, 6) is 0. The Balaban J connectivity index is 1.62. The standard InChI is InChI=1S/C18H29ClN2O2/c1-2-3-12-23-15-18(22)14-21-10-8-20(9-11-21)13-16-4-6-17(19)7-5-16/h4-7,18,22H,2-3,8-15H2,1H3. The third kappa shape index (κ3) is 7.19. The van der Waals surface area contributed by atoms with Gasteiger partial charge >= 0.3 is 0 Å². The van der Waals surface area contributed by atoms with Crippen LogP contribution in [0.25, 0.3) is 0 Å². The van der Waals surface area contributed by atoms with Crippen LogP contribution in [0.15, 0.2) is 24.3 Å². The molecule has 1 fully saturated rings. The van der Waals surface area contributed by atoms with Crippen molar-refractivity contribution in [2.45, 2.75) is 32.4 Å². The van der Waals surface area contributed by atoms with Crippen LogP contribution in [0.1, 0.15) is 25.3 Å². The zero-order valence-corrected chi connectivity index (χ0v) is 14.8. The van der Waals surface area contributed by atoms with Gasteiger partial charge in [-0.1, -0.05) is 37.1 Å². The number of β-amino-alcohol motifs (C(OH)–C–C–N with tert-alkyl or cyclic N) is 1. The van der Waals surface area contributed by atoms with E-state index in [0.717, 1.165) is 57.2 Å². The van der Waals surface area contributed by atoms with Crippen LogP contribution in [0.4, 0.5) is 0 Å². The Morgan fingerprint density at radius 1 is 1.13 bits per heavy atom. The van der Waals surface area contributed by atoms with Gasteiger partial charge < -0.3 is 9.84 Å². The highest BCUT2D eigenvalue weighted by atomic mass is 35.5. The molecule has 2 rings (SSSR count). The lowest BCUT2D eigenvalue weighted by atomic mass is 10.2. The normalized spacial score (nSPS) is 18.2. The summed E-state index contributed by atoms with van der Waals surface area (Å²) in [5.41, 5.74) is 1.30. The Morgan fingerprint density at radius 3 is 2.43 bits per heavy atom. The first-order valence-electron chi connectivity index (χ1n) is 8.62. The molecule has 1 aromatic carbocycles. The van der Waals surface area contributed by atoms with Gasteiger partial charge in [-0.3, -0.25) is 9.80 Å². The predicted octanol–water partition coefficient (Wildman–Crippen LogP) is 2.64. The number of halogens is 1. The number of hydrogen-bond donors (Lipinski definition) is 1. The average molecular weight is 341 g/mol. The Labute approximate surface area is 145 Å². The van der Waals surface area contributed by atoms with Gasteiger partial charge in [0.05, 0.1) is 12.7 Å². The molecule has 0 radical (unpaired) electrons. The lowest BCUT2D eigenvalue weighted by Gasteiger charge is -2.35. The summed E-state index contributed by atoms with van der Waals surface area (Å²) < 4.78 is 5.49. The fourth-order valence-corrected chi connectivity index (χ4v) is 2.92. The van der Waals surface area contributed by atoms with E-state index in [0.29, 0.717) is 13.2 Å². The molecule has 0 spiro atoms. The van der Waals surface area contributed by atoms with Gasteiger partial charge in [0, 0.05) is 50.9 Å². The third-order valence-corrected chi connectivity index (χ3v) is 4.46. The van der Waals surface area contributed by atoms with Crippen molar-refractivity contribution >= 4 is 11.6 Å². The minimum Gasteiger partial charge on any atom is -0.389 e. The molecule has 1 aliphatic rings. The third-order valence-electron chi connectivity index (χ3n) is 4.21. The van der Waals surface area contributed by atoms with Gasteiger partial charge in [-0.2, -0.15) is 0 Å². The fourth-order valence-electron chi connectivity index (χ4n) is 2.79. The molecule has 130 valence electrons. The molecule has 1 unspecified atom stereocenters. The quantitative estimate of drug-likeness (QED) is 0.701. The highest BCUT2D eigenvalue weighted by Gasteiger charge is 2.19. The van der Waals surface area contributed by atoms with Gasteiger partial charge in [0.1, 0.15) is 0 Å². The molecule has 1 aliphatic heterocycles. The molecular weight excluding hydrogens is 312 g/mol. The van der Waals surface area contributed by atoms with E-state index in [2.05, 4.69) is 28.9 Å². The molecule has 23 heavy (non-hydrogen) atoms. The zero-order valence-electron chi connectivity index (χ0n) is 14.1. The first-order valence-corrected chi connectivity index (χ1v) is 9.00. The van der Waals surface area contributed by atoms with Crippen molar-refractivity contribution in [3.05, 3.63) is 34.9 Å². The lowest BCUT2D eigenvalue weighted by molar-refractivity contribution is 0.00588. The van der Waals surface area contributed by atoms with Crippen molar-refractivity contribution in [1.29, 1.82) is 0 Å². The zero-order chi connectivity index (χ0) is 16.5. The number of hydrogen-bond acceptors (Lipinski definition) is 4. The van der Waals surface area contributed by atoms with Crippen molar-refractivity contribution < 1.29 is 9.84 Å². The minimum absolute atomic E-state index is 0.380. The Morgan fingerprint density at radius 2 is 1.78 bits per heavy atom. The van der Waals surface area contributed by atoms with E-state index in [1.807, 2.05) is 12.1 Å². The number of unbranched alkanes of at least 4 members (excludes halogenated alkanes) is 1. The van der Waals surface area contributed by atoms with Gasteiger partial charge in [0.15, 0.2) is 0 Å². The van der Waals surface area contributed by atoms with Gasteiger partial charge in [0.2, 0.25) is 0 Å². The molecule has 0 aliphatic carbocycles. The van der Waals surface area contributed by atoms with Crippen LogP contribution in [-0.2, 0) is 11.3 Å². The van der Waals surface area contributed by atoms with Gasteiger partial charge in [-0.05, 0) is 24.1 Å². The highest BCUT2D eigenvalue weighted by molar-refractivity contribution is 6.30. The smallest absolute Gasteiger partial charge is 0.0900 e. The summed E-state index contributed by atoms with van der Waals surface area (Å²) in [4.78, 5) is 4.77. The summed E-state index contributed by atoms with van der Waals surface area (Å²) in [6.07, 6.45) is 1.82. The summed E-state index contributed by atoms with van der Waals surface area (Å²) in [5, 5.41) is 10.8. The SMILES string of the molecule is CCCCOCC(O)CN1CCN(Cc2ccc(Cl)cc2)CC1. The predicted molar refractivity (Wildman–Crippen MR) is 94.9 cm³/mol. The van der Waals surface area contributed by atoms with Crippen LogP contribution in [0, 0.1) is 0 Å². The molecule has 5 heteroatoms. The van der Waals surface area contributed by atoms with E-state index in [1.54, 1.807) is 0 Å². The molecule has 0 saturated carbocycles. The van der Waals surface area contributed by atoms with Crippen LogP contribution in [0.3, 0.4) is 0 Å². The molecule has 1 saturated heterocycles. The number of ether oxygens (including phenoxy) is 1. The minimum atomic E-state index is -0.380. The molecule has 1 aromatic rings. The number of aliphatic hydroxyl groups is 1. The molecule has 0 amide bonds. The van der Waals surface area contributed by atoms with E-state index in [9.17, 15) is 5.11 Å². The average Bonchev–Trinajstić information content (AvgIpc) is 2.56. The fraction of sp³-hybridized carbons (Fsp3) is 0.667. The van der Waals surface area contributed by atoms with Crippen molar-refractivity contribution in [1.82, 2.24) is 9.80 Å². The van der Waals surface area contributed by atoms with Gasteiger partial charge in [-0.25, -0.2) is 0 Å². The van der Waals surface area contributed by atoms with E-state index < -0.39 is 0 Å². The first kappa shape index (κ1) is 18.7. The second-order valence-electron chi connectivity index (χ2n) is 6.29. The molecule has 1 heterocycles. The Kier molecular flexibility index (Phi) is 8.34. The molecule has 0 aromatic heterocycles. The maximum Gasteiger partial charge on any atom is 0.0900 e. The first-order chi connectivity index (χ1) is 11.2. The molecule has 1 atom stereocenters. The molecule has 1 N–H and O–H groups in total. The summed E-state index contributed by atoms with van der Waals surface area (Å²) in [6, 6.07) is 8.07. The number of rotatable bonds is 9. The van der Waals surface area contributed by atoms with Crippen LogP contribution in [0.2, 0.25) is 5.02 Å². The van der Waals surface area contributed by atoms with Crippen molar-refractivity contribution in [2.24, 2.45) is 0 Å². The van der Waals surface area contributed by atoms with E-state index in [-0.39, 0.29) is 6.10 Å². The Bertz CT molecular complexity index is 433. The van der Waals surface area contributed by atoms with E-state index in [4.69, 9.17) is 16.3 Å². The van der Waals surface area contributed by atoms with Crippen LogP contribution in [0.5, 0.6) is 0 Å². The second-order valence-corrected chi connectivity index (χ2v) is 6.72. The van der Waals surface area contributed by atoms with Gasteiger partial charge in [-0.15, -0.1) is 0 Å². The summed E-state index contributed by atoms with van der Waals surface area (Å²) >= 11 is 5.92. The number of nitrogens with zero attached hydrogens (tertiary/aromatic N) is 2. The maximum atomic E-state index is 10.0. The number of aliphatic hydroxyl groups excluding tert-OH is 1. The second kappa shape index (κ2) is 10.3. The van der Waals surface area contributed by atoms with Crippen LogP contribution >= 0.6 is 11.6 Å². The van der Waals surface area contributed by atoms with E-state index in [1.165, 1.54) is 5.56 Å².